The molecule has 0 aliphatic heterocycles. The van der Waals surface area contributed by atoms with Crippen LogP contribution in [-0.4, -0.2) is 41.2 Å². The second kappa shape index (κ2) is 5.22. The predicted octanol–water partition coefficient (Wildman–Crippen LogP) is 1.57. The zero-order valence-corrected chi connectivity index (χ0v) is 9.16. The van der Waals surface area contributed by atoms with Crippen molar-refractivity contribution in [3.05, 3.63) is 0 Å². The number of rotatable bonds is 4. The van der Waals surface area contributed by atoms with Crippen molar-refractivity contribution in [2.75, 3.05) is 13.2 Å². The summed E-state index contributed by atoms with van der Waals surface area (Å²) in [5.41, 5.74) is -1.32. The average Bonchev–Trinajstić information content (AvgIpc) is 2.15. The first-order chi connectivity index (χ1) is 7.72. The second-order valence-corrected chi connectivity index (χ2v) is 4.44. The Bertz CT molecular complexity index is 269. The number of hydrogen-bond acceptors (Lipinski definition) is 3. The van der Waals surface area contributed by atoms with E-state index in [-0.39, 0.29) is 25.7 Å². The van der Waals surface area contributed by atoms with Crippen molar-refractivity contribution >= 4 is 5.97 Å². The van der Waals surface area contributed by atoms with Gasteiger partial charge < -0.3 is 14.9 Å². The summed E-state index contributed by atoms with van der Waals surface area (Å²) in [5.74, 6) is -1.44. The quantitative estimate of drug-likeness (QED) is 0.801. The van der Waals surface area contributed by atoms with Crippen LogP contribution in [-0.2, 0) is 9.53 Å². The molecule has 0 amide bonds. The Morgan fingerprint density at radius 1 is 1.35 bits per heavy atom. The van der Waals surface area contributed by atoms with Crippen molar-refractivity contribution in [2.45, 2.75) is 37.5 Å². The van der Waals surface area contributed by atoms with Gasteiger partial charge in [0.15, 0.2) is 0 Å². The van der Waals surface area contributed by atoms with Gasteiger partial charge in [-0.1, -0.05) is 0 Å². The van der Waals surface area contributed by atoms with Crippen LogP contribution in [0.15, 0.2) is 0 Å². The first-order valence-corrected chi connectivity index (χ1v) is 5.32. The number of aliphatic hydroxyl groups is 1. The fraction of sp³-hybridized carbons (Fsp3) is 0.900. The van der Waals surface area contributed by atoms with Gasteiger partial charge in [-0.05, 0) is 25.7 Å². The molecule has 0 atom stereocenters. The van der Waals surface area contributed by atoms with Crippen LogP contribution in [0.3, 0.4) is 0 Å². The number of carbonyl (C=O) groups is 1. The molecule has 0 spiro atoms. The molecule has 1 saturated carbocycles. The standard InChI is InChI=1S/C10H15F3O4/c11-10(12,13)6-17-5-9(16)3-1-7(2-4-9)8(14)15/h7,16H,1-6H2,(H,14,15). The molecule has 1 aliphatic rings. The van der Waals surface area contributed by atoms with Gasteiger partial charge in [0.05, 0.1) is 18.1 Å². The number of halogens is 3. The van der Waals surface area contributed by atoms with Crippen LogP contribution in [0, 0.1) is 5.92 Å². The van der Waals surface area contributed by atoms with Gasteiger partial charge in [0.1, 0.15) is 6.61 Å². The summed E-state index contributed by atoms with van der Waals surface area (Å²) < 4.78 is 39.9. The zero-order valence-electron chi connectivity index (χ0n) is 9.16. The van der Waals surface area contributed by atoms with Crippen LogP contribution in [0.4, 0.5) is 13.2 Å². The van der Waals surface area contributed by atoms with Crippen LogP contribution < -0.4 is 0 Å². The molecular weight excluding hydrogens is 241 g/mol. The lowest BCUT2D eigenvalue weighted by atomic mass is 9.79. The van der Waals surface area contributed by atoms with Crippen molar-refractivity contribution in [3.63, 3.8) is 0 Å². The highest BCUT2D eigenvalue weighted by Crippen LogP contribution is 2.32. The van der Waals surface area contributed by atoms with Crippen LogP contribution in [0.25, 0.3) is 0 Å². The summed E-state index contributed by atoms with van der Waals surface area (Å²) in [7, 11) is 0. The Hall–Kier alpha value is -0.820. The van der Waals surface area contributed by atoms with Crippen LogP contribution in [0.1, 0.15) is 25.7 Å². The van der Waals surface area contributed by atoms with E-state index in [4.69, 9.17) is 5.11 Å². The molecule has 0 bridgehead atoms. The van der Waals surface area contributed by atoms with Gasteiger partial charge in [-0.2, -0.15) is 13.2 Å². The Kier molecular flexibility index (Phi) is 4.37. The molecule has 1 fully saturated rings. The van der Waals surface area contributed by atoms with Crippen LogP contribution in [0.5, 0.6) is 0 Å². The fourth-order valence-corrected chi connectivity index (χ4v) is 1.90. The van der Waals surface area contributed by atoms with Crippen molar-refractivity contribution in [1.82, 2.24) is 0 Å². The SMILES string of the molecule is O=C(O)C1CCC(O)(COCC(F)(F)F)CC1. The number of aliphatic carboxylic acids is 1. The summed E-state index contributed by atoms with van der Waals surface area (Å²) in [6, 6.07) is 0. The maximum Gasteiger partial charge on any atom is 0.411 e. The van der Waals surface area contributed by atoms with Gasteiger partial charge >= 0.3 is 12.1 Å². The highest BCUT2D eigenvalue weighted by Gasteiger charge is 2.37. The predicted molar refractivity (Wildman–Crippen MR) is 51.4 cm³/mol. The third kappa shape index (κ3) is 4.91. The molecule has 4 nitrogen and oxygen atoms in total. The number of carboxylic acids is 1. The van der Waals surface area contributed by atoms with E-state index in [2.05, 4.69) is 4.74 Å². The van der Waals surface area contributed by atoms with Crippen molar-refractivity contribution in [3.8, 4) is 0 Å². The van der Waals surface area contributed by atoms with Gasteiger partial charge in [-0.15, -0.1) is 0 Å². The minimum atomic E-state index is -4.41. The Morgan fingerprint density at radius 2 is 1.88 bits per heavy atom. The first-order valence-electron chi connectivity index (χ1n) is 5.32. The lowest BCUT2D eigenvalue weighted by molar-refractivity contribution is -0.190. The summed E-state index contributed by atoms with van der Waals surface area (Å²) in [6.45, 7) is -1.80. The average molecular weight is 256 g/mol. The van der Waals surface area contributed by atoms with Gasteiger partial charge in [-0.3, -0.25) is 4.79 Å². The lowest BCUT2D eigenvalue weighted by Gasteiger charge is -2.34. The smallest absolute Gasteiger partial charge is 0.411 e. The Labute approximate surface area is 96.4 Å². The minimum absolute atomic E-state index is 0.155. The van der Waals surface area contributed by atoms with Gasteiger partial charge in [0, 0.05) is 0 Å². The Morgan fingerprint density at radius 3 is 2.29 bits per heavy atom. The molecule has 0 heterocycles. The topological polar surface area (TPSA) is 66.8 Å². The molecule has 0 aromatic carbocycles. The monoisotopic (exact) mass is 256 g/mol. The van der Waals surface area contributed by atoms with Crippen molar-refractivity contribution in [2.24, 2.45) is 5.92 Å². The number of ether oxygens (including phenoxy) is 1. The third-order valence-electron chi connectivity index (χ3n) is 2.90. The molecule has 0 unspecified atom stereocenters. The van der Waals surface area contributed by atoms with Crippen molar-refractivity contribution < 1.29 is 32.9 Å². The third-order valence-corrected chi connectivity index (χ3v) is 2.90. The minimum Gasteiger partial charge on any atom is -0.481 e. The molecule has 0 radical (unpaired) electrons. The van der Waals surface area contributed by atoms with E-state index in [0.29, 0.717) is 0 Å². The van der Waals surface area contributed by atoms with E-state index in [1.165, 1.54) is 0 Å². The number of alkyl halides is 3. The molecule has 100 valence electrons. The zero-order chi connectivity index (χ0) is 13.1. The molecular formula is C10H15F3O4. The summed E-state index contributed by atoms with van der Waals surface area (Å²) in [4.78, 5) is 10.6. The first kappa shape index (κ1) is 14.2. The molecule has 7 heteroatoms. The molecule has 0 aromatic rings. The molecule has 0 saturated heterocycles. The highest BCUT2D eigenvalue weighted by molar-refractivity contribution is 5.70. The van der Waals surface area contributed by atoms with Crippen molar-refractivity contribution in [1.29, 1.82) is 0 Å². The molecule has 2 N–H and O–H groups in total. The summed E-state index contributed by atoms with van der Waals surface area (Å²) >= 11 is 0. The maximum atomic E-state index is 11.8. The molecule has 17 heavy (non-hydrogen) atoms. The second-order valence-electron chi connectivity index (χ2n) is 4.44. The largest absolute Gasteiger partial charge is 0.481 e. The summed E-state index contributed by atoms with van der Waals surface area (Å²) in [5, 5.41) is 18.6. The fourth-order valence-electron chi connectivity index (χ4n) is 1.90. The highest BCUT2D eigenvalue weighted by atomic mass is 19.4. The van der Waals surface area contributed by atoms with E-state index in [1.54, 1.807) is 0 Å². The normalized spacial score (nSPS) is 30.2. The van der Waals surface area contributed by atoms with Gasteiger partial charge in [-0.25, -0.2) is 0 Å². The van der Waals surface area contributed by atoms with E-state index < -0.39 is 36.9 Å². The Balaban J connectivity index is 2.32. The molecule has 0 aromatic heterocycles. The molecule has 1 aliphatic carbocycles. The number of hydrogen-bond donors (Lipinski definition) is 2. The van der Waals surface area contributed by atoms with E-state index >= 15 is 0 Å². The van der Waals surface area contributed by atoms with Gasteiger partial charge in [0.25, 0.3) is 0 Å². The van der Waals surface area contributed by atoms with Crippen LogP contribution >= 0.6 is 0 Å². The summed E-state index contributed by atoms with van der Waals surface area (Å²) in [6.07, 6.45) is -3.57. The number of carboxylic acid groups (broad SMARTS) is 1. The van der Waals surface area contributed by atoms with E-state index in [9.17, 15) is 23.1 Å². The lowest BCUT2D eigenvalue weighted by Crippen LogP contribution is -2.41. The van der Waals surface area contributed by atoms with E-state index in [1.807, 2.05) is 0 Å². The van der Waals surface area contributed by atoms with Gasteiger partial charge in [0.2, 0.25) is 0 Å². The molecule has 1 rings (SSSR count). The van der Waals surface area contributed by atoms with E-state index in [0.717, 1.165) is 0 Å². The van der Waals surface area contributed by atoms with Crippen LogP contribution in [0.2, 0.25) is 0 Å². The maximum absolute atomic E-state index is 11.8.